The largest absolute Gasteiger partial charge is 0.378 e. The average molecular weight is 417 g/mol. The van der Waals surface area contributed by atoms with E-state index in [1.165, 1.54) is 34.5 Å². The van der Waals surface area contributed by atoms with Crippen molar-refractivity contribution >= 4 is 17.1 Å². The molecule has 3 heteroatoms. The van der Waals surface area contributed by atoms with Crippen molar-refractivity contribution in [1.29, 1.82) is 0 Å². The van der Waals surface area contributed by atoms with Gasteiger partial charge >= 0.3 is 0 Å². The Kier molecular flexibility index (Phi) is 8.99. The number of nitrogens with one attached hydrogen (secondary N) is 1. The molecule has 1 aliphatic heterocycles. The van der Waals surface area contributed by atoms with E-state index in [0.717, 1.165) is 44.8 Å². The maximum absolute atomic E-state index is 5.44. The number of anilines is 3. The highest BCUT2D eigenvalue weighted by molar-refractivity contribution is 5.66. The fourth-order valence-electron chi connectivity index (χ4n) is 3.63. The molecular formula is C28H36N2O. The summed E-state index contributed by atoms with van der Waals surface area (Å²) in [7, 11) is 0. The highest BCUT2D eigenvalue weighted by atomic mass is 16.5. The first-order valence-corrected chi connectivity index (χ1v) is 11.5. The van der Waals surface area contributed by atoms with Gasteiger partial charge in [0.25, 0.3) is 0 Å². The fraction of sp³-hybridized carbons (Fsp3) is 0.357. The Bertz CT molecular complexity index is 900. The molecule has 0 spiro atoms. The molecule has 0 aliphatic carbocycles. The highest BCUT2D eigenvalue weighted by Gasteiger charge is 2.11. The summed E-state index contributed by atoms with van der Waals surface area (Å²) in [4.78, 5) is 2.38. The minimum absolute atomic E-state index is 0.814. The van der Waals surface area contributed by atoms with Crippen LogP contribution in [0.5, 0.6) is 0 Å². The number of hydrogen-bond acceptors (Lipinski definition) is 3. The van der Waals surface area contributed by atoms with Crippen molar-refractivity contribution in [2.75, 3.05) is 36.5 Å². The van der Waals surface area contributed by atoms with E-state index in [0.29, 0.717) is 0 Å². The summed E-state index contributed by atoms with van der Waals surface area (Å²) in [6.45, 7) is 9.97. The van der Waals surface area contributed by atoms with Gasteiger partial charge in [-0.05, 0) is 66.8 Å². The predicted octanol–water partition coefficient (Wildman–Crippen LogP) is 6.78. The molecule has 1 fully saturated rings. The van der Waals surface area contributed by atoms with Gasteiger partial charge in [-0.2, -0.15) is 0 Å². The molecule has 3 aromatic rings. The minimum Gasteiger partial charge on any atom is -0.378 e. The first kappa shape index (κ1) is 22.9. The summed E-state index contributed by atoms with van der Waals surface area (Å²) in [6, 6.07) is 26.2. The molecule has 0 saturated carbocycles. The molecule has 0 bridgehead atoms. The first-order chi connectivity index (χ1) is 15.2. The quantitative estimate of drug-likeness (QED) is 0.479. The molecule has 0 amide bonds. The zero-order chi connectivity index (χ0) is 21.9. The lowest BCUT2D eigenvalue weighted by molar-refractivity contribution is 0.122. The van der Waals surface area contributed by atoms with Crippen molar-refractivity contribution in [3.05, 3.63) is 89.5 Å². The fourth-order valence-corrected chi connectivity index (χ4v) is 3.63. The smallest absolute Gasteiger partial charge is 0.0642 e. The van der Waals surface area contributed by atoms with Crippen LogP contribution in [0.2, 0.25) is 0 Å². The Labute approximate surface area is 188 Å². The number of aryl methyl sites for hydroxylation is 3. The van der Waals surface area contributed by atoms with E-state index in [1.54, 1.807) is 0 Å². The van der Waals surface area contributed by atoms with E-state index in [9.17, 15) is 0 Å². The van der Waals surface area contributed by atoms with Gasteiger partial charge in [-0.15, -0.1) is 0 Å². The summed E-state index contributed by atoms with van der Waals surface area (Å²) in [5.41, 5.74) is 7.59. The topological polar surface area (TPSA) is 24.5 Å². The monoisotopic (exact) mass is 416 g/mol. The number of rotatable bonds is 6. The van der Waals surface area contributed by atoms with Crippen LogP contribution in [-0.2, 0) is 17.6 Å². The van der Waals surface area contributed by atoms with E-state index in [4.69, 9.17) is 4.74 Å². The minimum atomic E-state index is 0.814. The van der Waals surface area contributed by atoms with Crippen molar-refractivity contribution in [1.82, 2.24) is 0 Å². The number of ether oxygens (including phenoxy) is 1. The van der Waals surface area contributed by atoms with E-state index >= 15 is 0 Å². The molecule has 164 valence electrons. The van der Waals surface area contributed by atoms with Crippen molar-refractivity contribution in [2.45, 2.75) is 40.0 Å². The van der Waals surface area contributed by atoms with E-state index in [1.807, 2.05) is 0 Å². The van der Waals surface area contributed by atoms with Gasteiger partial charge in [0.05, 0.1) is 13.2 Å². The maximum Gasteiger partial charge on any atom is 0.0642 e. The average Bonchev–Trinajstić information content (AvgIpc) is 2.82. The molecule has 4 rings (SSSR count). The summed E-state index contributed by atoms with van der Waals surface area (Å²) >= 11 is 0. The Morgan fingerprint density at radius 1 is 0.806 bits per heavy atom. The second kappa shape index (κ2) is 12.2. The van der Waals surface area contributed by atoms with Crippen LogP contribution in [0.4, 0.5) is 17.1 Å². The lowest BCUT2D eigenvalue weighted by Gasteiger charge is -2.29. The van der Waals surface area contributed by atoms with E-state index in [2.05, 4.69) is 104 Å². The second-order valence-corrected chi connectivity index (χ2v) is 8.11. The Morgan fingerprint density at radius 2 is 1.45 bits per heavy atom. The van der Waals surface area contributed by atoms with Crippen molar-refractivity contribution in [2.24, 2.45) is 0 Å². The zero-order valence-electron chi connectivity index (χ0n) is 19.2. The van der Waals surface area contributed by atoms with E-state index < -0.39 is 0 Å². The maximum atomic E-state index is 5.44. The van der Waals surface area contributed by atoms with Gasteiger partial charge in [0, 0.05) is 30.2 Å². The standard InChI is InChI=1S/C25H28N2O.C3H8/c1-20-7-8-22(10-9-21-5-3-2-4-6-21)19-25(20)26-23-11-13-24(14-12-23)27-15-17-28-18-16-27;1-3-2/h2-8,11-14,19,26H,9-10,15-18H2,1H3;3H2,1-2H3. The van der Waals surface area contributed by atoms with Gasteiger partial charge in [0.2, 0.25) is 0 Å². The third-order valence-electron chi connectivity index (χ3n) is 5.37. The molecule has 0 atom stereocenters. The van der Waals surface area contributed by atoms with Crippen molar-refractivity contribution in [3.8, 4) is 0 Å². The molecule has 3 nitrogen and oxygen atoms in total. The molecule has 1 saturated heterocycles. The SMILES string of the molecule is CCC.Cc1ccc(CCc2ccccc2)cc1Nc1ccc(N2CCOCC2)cc1. The number of hydrogen-bond donors (Lipinski definition) is 1. The first-order valence-electron chi connectivity index (χ1n) is 11.5. The van der Waals surface area contributed by atoms with Gasteiger partial charge in [-0.1, -0.05) is 62.7 Å². The lowest BCUT2D eigenvalue weighted by Crippen LogP contribution is -2.36. The molecule has 0 radical (unpaired) electrons. The van der Waals surface area contributed by atoms with Gasteiger partial charge in [0.15, 0.2) is 0 Å². The van der Waals surface area contributed by atoms with Gasteiger partial charge in [-0.25, -0.2) is 0 Å². The van der Waals surface area contributed by atoms with Crippen LogP contribution in [0.25, 0.3) is 0 Å². The molecular weight excluding hydrogens is 380 g/mol. The molecule has 31 heavy (non-hydrogen) atoms. The molecule has 3 aromatic carbocycles. The normalized spacial score (nSPS) is 13.3. The molecule has 1 heterocycles. The molecule has 0 aromatic heterocycles. The number of morpholine rings is 1. The van der Waals surface area contributed by atoms with Crippen LogP contribution in [0, 0.1) is 6.92 Å². The van der Waals surface area contributed by atoms with Crippen LogP contribution < -0.4 is 10.2 Å². The number of benzene rings is 3. The van der Waals surface area contributed by atoms with Gasteiger partial charge in [0.1, 0.15) is 0 Å². The third-order valence-corrected chi connectivity index (χ3v) is 5.37. The summed E-state index contributed by atoms with van der Waals surface area (Å²) in [6.07, 6.45) is 3.37. The van der Waals surface area contributed by atoms with Crippen LogP contribution in [0.1, 0.15) is 37.0 Å². The zero-order valence-corrected chi connectivity index (χ0v) is 19.2. The summed E-state index contributed by atoms with van der Waals surface area (Å²) in [5.74, 6) is 0. The second-order valence-electron chi connectivity index (χ2n) is 8.11. The van der Waals surface area contributed by atoms with Crippen LogP contribution >= 0.6 is 0 Å². The van der Waals surface area contributed by atoms with Crippen molar-refractivity contribution < 1.29 is 4.74 Å². The Balaban J connectivity index is 0.000000858. The summed E-state index contributed by atoms with van der Waals surface area (Å²) in [5, 5.41) is 3.60. The highest BCUT2D eigenvalue weighted by Crippen LogP contribution is 2.25. The molecule has 1 aliphatic rings. The molecule has 0 unspecified atom stereocenters. The van der Waals surface area contributed by atoms with Crippen LogP contribution in [-0.4, -0.2) is 26.3 Å². The van der Waals surface area contributed by atoms with Crippen molar-refractivity contribution in [3.63, 3.8) is 0 Å². The van der Waals surface area contributed by atoms with Crippen LogP contribution in [0.3, 0.4) is 0 Å². The Hall–Kier alpha value is -2.78. The van der Waals surface area contributed by atoms with Gasteiger partial charge < -0.3 is 15.0 Å². The predicted molar refractivity (Wildman–Crippen MR) is 134 cm³/mol. The third kappa shape index (κ3) is 7.15. The number of nitrogens with zero attached hydrogens (tertiary/aromatic N) is 1. The summed E-state index contributed by atoms with van der Waals surface area (Å²) < 4.78 is 5.44. The molecule has 1 N–H and O–H groups in total. The Morgan fingerprint density at radius 3 is 2.13 bits per heavy atom. The van der Waals surface area contributed by atoms with E-state index in [-0.39, 0.29) is 0 Å². The van der Waals surface area contributed by atoms with Crippen LogP contribution in [0.15, 0.2) is 72.8 Å². The van der Waals surface area contributed by atoms with Gasteiger partial charge in [-0.3, -0.25) is 0 Å². The lowest BCUT2D eigenvalue weighted by atomic mass is 10.0.